The largest absolute Gasteiger partial charge is 0.497 e. The van der Waals surface area contributed by atoms with Gasteiger partial charge in [0, 0.05) is 25.7 Å². The van der Waals surface area contributed by atoms with Gasteiger partial charge in [-0.15, -0.1) is 0 Å². The summed E-state index contributed by atoms with van der Waals surface area (Å²) >= 11 is 0. The first kappa shape index (κ1) is 16.6. The molecule has 2 N–H and O–H groups in total. The number of benzene rings is 1. The number of likely N-dealkylation sites (tertiary alicyclic amines) is 1. The number of hydrogen-bond donors (Lipinski definition) is 2. The molecular formula is C18H25N3O3. The molecular weight excluding hydrogens is 306 g/mol. The number of amides is 3. The van der Waals surface area contributed by atoms with Crippen molar-refractivity contribution in [2.24, 2.45) is 5.92 Å². The maximum atomic E-state index is 12.4. The summed E-state index contributed by atoms with van der Waals surface area (Å²) in [6.45, 7) is 1.71. The van der Waals surface area contributed by atoms with Crippen LogP contribution in [0.4, 0.5) is 4.79 Å². The van der Waals surface area contributed by atoms with Crippen LogP contribution in [0.25, 0.3) is 0 Å². The van der Waals surface area contributed by atoms with Crippen molar-refractivity contribution in [2.75, 3.05) is 20.2 Å². The number of rotatable bonds is 5. The lowest BCUT2D eigenvalue weighted by molar-refractivity contribution is -0.126. The molecule has 2 fully saturated rings. The SMILES string of the molecule is COc1cccc(CNC(=O)C2CCCN(C(=O)NC3CC3)C2)c1. The van der Waals surface area contributed by atoms with Crippen molar-refractivity contribution in [1.82, 2.24) is 15.5 Å². The minimum Gasteiger partial charge on any atom is -0.497 e. The Morgan fingerprint density at radius 3 is 2.88 bits per heavy atom. The molecule has 130 valence electrons. The lowest BCUT2D eigenvalue weighted by atomic mass is 9.97. The first-order chi connectivity index (χ1) is 11.7. The van der Waals surface area contributed by atoms with E-state index in [1.165, 1.54) is 0 Å². The maximum Gasteiger partial charge on any atom is 0.317 e. The first-order valence-corrected chi connectivity index (χ1v) is 8.62. The van der Waals surface area contributed by atoms with Crippen LogP contribution in [0, 0.1) is 5.92 Å². The predicted octanol–water partition coefficient (Wildman–Crippen LogP) is 1.90. The third kappa shape index (κ3) is 4.40. The molecule has 0 spiro atoms. The number of carbonyl (C=O) groups is 2. The number of methoxy groups -OCH3 is 1. The van der Waals surface area contributed by atoms with E-state index in [0.29, 0.717) is 19.1 Å². The number of hydrogen-bond acceptors (Lipinski definition) is 3. The van der Waals surface area contributed by atoms with Crippen molar-refractivity contribution < 1.29 is 14.3 Å². The molecule has 0 aromatic heterocycles. The summed E-state index contributed by atoms with van der Waals surface area (Å²) in [6, 6.07) is 7.98. The van der Waals surface area contributed by atoms with Crippen LogP contribution < -0.4 is 15.4 Å². The number of nitrogens with one attached hydrogen (secondary N) is 2. The quantitative estimate of drug-likeness (QED) is 0.866. The standard InChI is InChI=1S/C18H25N3O3/c1-24-16-6-2-4-13(10-16)11-19-17(22)14-5-3-9-21(12-14)18(23)20-15-7-8-15/h2,4,6,10,14-15H,3,5,7-9,11-12H2,1H3,(H,19,22)(H,20,23). The lowest BCUT2D eigenvalue weighted by Crippen LogP contribution is -2.49. The van der Waals surface area contributed by atoms with Crippen LogP contribution in [0.3, 0.4) is 0 Å². The van der Waals surface area contributed by atoms with Crippen LogP contribution in [0.5, 0.6) is 5.75 Å². The van der Waals surface area contributed by atoms with Gasteiger partial charge in [-0.25, -0.2) is 4.79 Å². The minimum atomic E-state index is -0.130. The van der Waals surface area contributed by atoms with E-state index in [0.717, 1.165) is 43.5 Å². The Hall–Kier alpha value is -2.24. The van der Waals surface area contributed by atoms with E-state index in [9.17, 15) is 9.59 Å². The molecule has 0 radical (unpaired) electrons. The van der Waals surface area contributed by atoms with Gasteiger partial charge in [0.25, 0.3) is 0 Å². The van der Waals surface area contributed by atoms with Gasteiger partial charge in [-0.05, 0) is 43.4 Å². The van der Waals surface area contributed by atoms with E-state index >= 15 is 0 Å². The van der Waals surface area contributed by atoms with Gasteiger partial charge < -0.3 is 20.3 Å². The normalized spacial score (nSPS) is 20.4. The summed E-state index contributed by atoms with van der Waals surface area (Å²) in [5.74, 6) is 0.665. The van der Waals surface area contributed by atoms with Crippen LogP contribution >= 0.6 is 0 Å². The van der Waals surface area contributed by atoms with Crippen molar-refractivity contribution in [1.29, 1.82) is 0 Å². The molecule has 1 saturated carbocycles. The van der Waals surface area contributed by atoms with Gasteiger partial charge in [0.2, 0.25) is 5.91 Å². The summed E-state index contributed by atoms with van der Waals surface area (Å²) in [6.07, 6.45) is 3.85. The molecule has 24 heavy (non-hydrogen) atoms. The average molecular weight is 331 g/mol. The maximum absolute atomic E-state index is 12.4. The van der Waals surface area contributed by atoms with Gasteiger partial charge >= 0.3 is 6.03 Å². The second-order valence-corrected chi connectivity index (χ2v) is 6.58. The van der Waals surface area contributed by atoms with Crippen LogP contribution in [0.1, 0.15) is 31.2 Å². The minimum absolute atomic E-state index is 0.0155. The van der Waals surface area contributed by atoms with Crippen molar-refractivity contribution in [3.8, 4) is 5.75 Å². The summed E-state index contributed by atoms with van der Waals surface area (Å²) < 4.78 is 5.19. The lowest BCUT2D eigenvalue weighted by Gasteiger charge is -2.32. The van der Waals surface area contributed by atoms with Gasteiger partial charge in [0.1, 0.15) is 5.75 Å². The van der Waals surface area contributed by atoms with Gasteiger partial charge in [-0.3, -0.25) is 4.79 Å². The zero-order valence-corrected chi connectivity index (χ0v) is 14.1. The number of urea groups is 1. The van der Waals surface area contributed by atoms with Crippen LogP contribution in [0.15, 0.2) is 24.3 Å². The van der Waals surface area contributed by atoms with Gasteiger partial charge in [-0.2, -0.15) is 0 Å². The van der Waals surface area contributed by atoms with Gasteiger partial charge in [-0.1, -0.05) is 12.1 Å². The van der Waals surface area contributed by atoms with Crippen LogP contribution in [-0.4, -0.2) is 43.1 Å². The van der Waals surface area contributed by atoms with Crippen LogP contribution in [-0.2, 0) is 11.3 Å². The van der Waals surface area contributed by atoms with E-state index in [2.05, 4.69) is 10.6 Å². The van der Waals surface area contributed by atoms with Crippen molar-refractivity contribution in [3.05, 3.63) is 29.8 Å². The molecule has 3 amide bonds. The fourth-order valence-electron chi connectivity index (χ4n) is 2.99. The highest BCUT2D eigenvalue weighted by Gasteiger charge is 2.31. The molecule has 1 unspecified atom stereocenters. The summed E-state index contributed by atoms with van der Waals surface area (Å²) in [4.78, 5) is 26.3. The van der Waals surface area contributed by atoms with E-state index in [-0.39, 0.29) is 17.9 Å². The average Bonchev–Trinajstić information content (AvgIpc) is 3.44. The molecule has 2 aliphatic rings. The highest BCUT2D eigenvalue weighted by Crippen LogP contribution is 2.21. The topological polar surface area (TPSA) is 70.7 Å². The second-order valence-electron chi connectivity index (χ2n) is 6.58. The van der Waals surface area contributed by atoms with E-state index in [1.54, 1.807) is 12.0 Å². The third-order valence-electron chi connectivity index (χ3n) is 4.59. The van der Waals surface area contributed by atoms with E-state index in [1.807, 2.05) is 24.3 Å². The first-order valence-electron chi connectivity index (χ1n) is 8.62. The Balaban J connectivity index is 1.49. The highest BCUT2D eigenvalue weighted by atomic mass is 16.5. The molecule has 1 aromatic carbocycles. The van der Waals surface area contributed by atoms with Crippen LogP contribution in [0.2, 0.25) is 0 Å². The molecule has 1 saturated heterocycles. The molecule has 1 heterocycles. The molecule has 1 aliphatic carbocycles. The number of nitrogens with zero attached hydrogens (tertiary/aromatic N) is 1. The summed E-state index contributed by atoms with van der Waals surface area (Å²) in [5.41, 5.74) is 1.00. The molecule has 3 rings (SSSR count). The monoisotopic (exact) mass is 331 g/mol. The molecule has 6 nitrogen and oxygen atoms in total. The second kappa shape index (κ2) is 7.55. The van der Waals surface area contributed by atoms with Crippen molar-refractivity contribution >= 4 is 11.9 Å². The summed E-state index contributed by atoms with van der Waals surface area (Å²) in [5, 5.41) is 5.97. The zero-order valence-electron chi connectivity index (χ0n) is 14.1. The zero-order chi connectivity index (χ0) is 16.9. The van der Waals surface area contributed by atoms with E-state index in [4.69, 9.17) is 4.74 Å². The number of carbonyl (C=O) groups excluding carboxylic acids is 2. The Kier molecular flexibility index (Phi) is 5.23. The molecule has 0 bridgehead atoms. The Morgan fingerprint density at radius 2 is 2.12 bits per heavy atom. The summed E-state index contributed by atoms with van der Waals surface area (Å²) in [7, 11) is 1.63. The Labute approximate surface area is 142 Å². The Morgan fingerprint density at radius 1 is 1.29 bits per heavy atom. The van der Waals surface area contributed by atoms with Gasteiger partial charge in [0.15, 0.2) is 0 Å². The van der Waals surface area contributed by atoms with E-state index < -0.39 is 0 Å². The molecule has 1 aliphatic heterocycles. The molecule has 6 heteroatoms. The molecule has 1 aromatic rings. The van der Waals surface area contributed by atoms with Crippen molar-refractivity contribution in [3.63, 3.8) is 0 Å². The Bertz CT molecular complexity index is 601. The molecule has 1 atom stereocenters. The predicted molar refractivity (Wildman–Crippen MR) is 90.7 cm³/mol. The van der Waals surface area contributed by atoms with Gasteiger partial charge in [0.05, 0.1) is 13.0 Å². The van der Waals surface area contributed by atoms with Crippen molar-refractivity contribution in [2.45, 2.75) is 38.3 Å². The number of piperidine rings is 1. The smallest absolute Gasteiger partial charge is 0.317 e. The fourth-order valence-corrected chi connectivity index (χ4v) is 2.99. The highest BCUT2D eigenvalue weighted by molar-refractivity contribution is 5.81. The number of ether oxygens (including phenoxy) is 1. The third-order valence-corrected chi connectivity index (χ3v) is 4.59. The fraction of sp³-hybridized carbons (Fsp3) is 0.556.